The molecular weight excluding hydrogens is 246 g/mol. The molecule has 1 aliphatic heterocycles. The Morgan fingerprint density at radius 3 is 2.25 bits per heavy atom. The van der Waals surface area contributed by atoms with Crippen LogP contribution >= 0.6 is 0 Å². The molecule has 1 heterocycles. The number of carbonyl (C=O) groups excluding carboxylic acids is 1. The summed E-state index contributed by atoms with van der Waals surface area (Å²) in [6.07, 6.45) is 1.13. The molecule has 0 saturated carbocycles. The van der Waals surface area contributed by atoms with Gasteiger partial charge in [0.05, 0.1) is 0 Å². The number of benzene rings is 2. The third-order valence-electron chi connectivity index (χ3n) is 4.09. The number of hydrogen-bond donors (Lipinski definition) is 0. The van der Waals surface area contributed by atoms with E-state index in [4.69, 9.17) is 0 Å². The smallest absolute Gasteiger partial charge is 0.125 e. The van der Waals surface area contributed by atoms with Crippen LogP contribution in [0.2, 0.25) is 0 Å². The summed E-state index contributed by atoms with van der Waals surface area (Å²) in [4.78, 5) is 13.7. The second-order valence-corrected chi connectivity index (χ2v) is 5.50. The van der Waals surface area contributed by atoms with Crippen LogP contribution in [0.1, 0.15) is 17.0 Å². The molecule has 0 N–H and O–H groups in total. The van der Waals surface area contributed by atoms with Gasteiger partial charge in [0.1, 0.15) is 6.29 Å². The summed E-state index contributed by atoms with van der Waals surface area (Å²) in [7, 11) is 0. The average Bonchev–Trinajstić information content (AvgIpc) is 2.92. The normalized spacial score (nSPS) is 22.8. The van der Waals surface area contributed by atoms with Gasteiger partial charge < -0.3 is 4.79 Å². The van der Waals surface area contributed by atoms with Gasteiger partial charge in [-0.3, -0.25) is 4.90 Å². The summed E-state index contributed by atoms with van der Waals surface area (Å²) in [5.41, 5.74) is 2.59. The Bertz CT molecular complexity index is 552. The zero-order valence-corrected chi connectivity index (χ0v) is 11.5. The fourth-order valence-electron chi connectivity index (χ4n) is 3.07. The Balaban J connectivity index is 1.73. The van der Waals surface area contributed by atoms with Crippen LogP contribution in [0.25, 0.3) is 0 Å². The summed E-state index contributed by atoms with van der Waals surface area (Å²) >= 11 is 0. The second kappa shape index (κ2) is 6.02. The van der Waals surface area contributed by atoms with Crippen molar-refractivity contribution in [3.63, 3.8) is 0 Å². The van der Waals surface area contributed by atoms with Gasteiger partial charge in [-0.1, -0.05) is 60.7 Å². The number of likely N-dealkylation sites (tertiary alicyclic amines) is 1. The first kappa shape index (κ1) is 13.1. The molecule has 2 aromatic rings. The molecule has 0 radical (unpaired) electrons. The SMILES string of the molecule is O=C[C@@H]1CN(Cc2ccccc2)C[C@@H]1c1ccccc1. The van der Waals surface area contributed by atoms with Gasteiger partial charge in [-0.25, -0.2) is 0 Å². The molecule has 0 aliphatic carbocycles. The first-order valence-electron chi connectivity index (χ1n) is 7.13. The third kappa shape index (κ3) is 2.81. The van der Waals surface area contributed by atoms with Crippen LogP contribution < -0.4 is 0 Å². The van der Waals surface area contributed by atoms with Crippen molar-refractivity contribution >= 4 is 6.29 Å². The van der Waals surface area contributed by atoms with E-state index in [1.54, 1.807) is 0 Å². The summed E-state index contributed by atoms with van der Waals surface area (Å²) < 4.78 is 0. The van der Waals surface area contributed by atoms with Crippen molar-refractivity contribution in [2.45, 2.75) is 12.5 Å². The number of nitrogens with zero attached hydrogens (tertiary/aromatic N) is 1. The van der Waals surface area contributed by atoms with Gasteiger partial charge in [0, 0.05) is 31.5 Å². The molecule has 2 aromatic carbocycles. The lowest BCUT2D eigenvalue weighted by Gasteiger charge is -2.16. The predicted molar refractivity (Wildman–Crippen MR) is 80.5 cm³/mol. The maximum atomic E-state index is 11.4. The molecule has 102 valence electrons. The number of hydrogen-bond acceptors (Lipinski definition) is 2. The van der Waals surface area contributed by atoms with Crippen LogP contribution in [0.4, 0.5) is 0 Å². The van der Waals surface area contributed by atoms with Crippen molar-refractivity contribution in [1.29, 1.82) is 0 Å². The minimum Gasteiger partial charge on any atom is -0.303 e. The van der Waals surface area contributed by atoms with E-state index in [0.717, 1.165) is 25.9 Å². The lowest BCUT2D eigenvalue weighted by molar-refractivity contribution is -0.111. The Kier molecular flexibility index (Phi) is 3.93. The quantitative estimate of drug-likeness (QED) is 0.792. The summed E-state index contributed by atoms with van der Waals surface area (Å²) in [6, 6.07) is 20.9. The second-order valence-electron chi connectivity index (χ2n) is 5.50. The molecule has 20 heavy (non-hydrogen) atoms. The van der Waals surface area contributed by atoms with Gasteiger partial charge in [0.25, 0.3) is 0 Å². The van der Waals surface area contributed by atoms with E-state index >= 15 is 0 Å². The topological polar surface area (TPSA) is 20.3 Å². The lowest BCUT2D eigenvalue weighted by Crippen LogP contribution is -2.20. The first-order chi connectivity index (χ1) is 9.86. The molecule has 1 saturated heterocycles. The van der Waals surface area contributed by atoms with Crippen molar-refractivity contribution in [1.82, 2.24) is 4.90 Å². The highest BCUT2D eigenvalue weighted by Gasteiger charge is 2.33. The Hall–Kier alpha value is -1.93. The fourth-order valence-corrected chi connectivity index (χ4v) is 3.07. The molecule has 1 aliphatic rings. The molecule has 0 amide bonds. The molecule has 0 aromatic heterocycles. The maximum absolute atomic E-state index is 11.4. The van der Waals surface area contributed by atoms with Gasteiger partial charge >= 0.3 is 0 Å². The van der Waals surface area contributed by atoms with Crippen LogP contribution in [0.5, 0.6) is 0 Å². The lowest BCUT2D eigenvalue weighted by atomic mass is 9.90. The summed E-state index contributed by atoms with van der Waals surface area (Å²) in [5.74, 6) is 0.443. The van der Waals surface area contributed by atoms with E-state index in [9.17, 15) is 4.79 Å². The molecule has 2 heteroatoms. The van der Waals surface area contributed by atoms with Crippen molar-refractivity contribution in [3.05, 3.63) is 71.8 Å². The van der Waals surface area contributed by atoms with Gasteiger partial charge in [0.15, 0.2) is 0 Å². The van der Waals surface area contributed by atoms with Crippen molar-refractivity contribution < 1.29 is 4.79 Å². The van der Waals surface area contributed by atoms with E-state index < -0.39 is 0 Å². The van der Waals surface area contributed by atoms with Crippen LogP contribution in [0.15, 0.2) is 60.7 Å². The molecular formula is C18H19NO. The standard InChI is InChI=1S/C18H19NO/c20-14-17-12-19(11-15-7-3-1-4-8-15)13-18(17)16-9-5-2-6-10-16/h1-10,14,17-18H,11-13H2/t17-,18+/m0/s1. The highest BCUT2D eigenvalue weighted by Crippen LogP contribution is 2.32. The zero-order valence-electron chi connectivity index (χ0n) is 11.5. The minimum atomic E-state index is 0.112. The predicted octanol–water partition coefficient (Wildman–Crippen LogP) is 3.10. The largest absolute Gasteiger partial charge is 0.303 e. The average molecular weight is 265 g/mol. The van der Waals surface area contributed by atoms with E-state index in [2.05, 4.69) is 53.4 Å². The molecule has 0 spiro atoms. The van der Waals surface area contributed by atoms with Crippen molar-refractivity contribution in [2.75, 3.05) is 13.1 Å². The maximum Gasteiger partial charge on any atom is 0.125 e. The molecule has 1 fully saturated rings. The zero-order chi connectivity index (χ0) is 13.8. The van der Waals surface area contributed by atoms with Crippen LogP contribution in [0, 0.1) is 5.92 Å². The number of aldehydes is 1. The van der Waals surface area contributed by atoms with Crippen LogP contribution in [0.3, 0.4) is 0 Å². The van der Waals surface area contributed by atoms with E-state index in [0.29, 0.717) is 5.92 Å². The van der Waals surface area contributed by atoms with E-state index in [-0.39, 0.29) is 5.92 Å². The highest BCUT2D eigenvalue weighted by molar-refractivity contribution is 5.57. The van der Waals surface area contributed by atoms with Gasteiger partial charge in [0.2, 0.25) is 0 Å². The first-order valence-corrected chi connectivity index (χ1v) is 7.13. The van der Waals surface area contributed by atoms with Gasteiger partial charge in [-0.05, 0) is 11.1 Å². The Labute approximate surface area is 120 Å². The number of carbonyl (C=O) groups is 1. The highest BCUT2D eigenvalue weighted by atomic mass is 16.1. The third-order valence-corrected chi connectivity index (χ3v) is 4.09. The fraction of sp³-hybridized carbons (Fsp3) is 0.278. The number of rotatable bonds is 4. The van der Waals surface area contributed by atoms with Gasteiger partial charge in [-0.2, -0.15) is 0 Å². The molecule has 0 bridgehead atoms. The minimum absolute atomic E-state index is 0.112. The van der Waals surface area contributed by atoms with Crippen LogP contribution in [-0.4, -0.2) is 24.3 Å². The monoisotopic (exact) mass is 265 g/mol. The van der Waals surface area contributed by atoms with Gasteiger partial charge in [-0.15, -0.1) is 0 Å². The van der Waals surface area contributed by atoms with Crippen molar-refractivity contribution in [2.24, 2.45) is 5.92 Å². The summed E-state index contributed by atoms with van der Waals surface area (Å²) in [5, 5.41) is 0. The van der Waals surface area contributed by atoms with Crippen LogP contribution in [-0.2, 0) is 11.3 Å². The van der Waals surface area contributed by atoms with Crippen molar-refractivity contribution in [3.8, 4) is 0 Å². The Morgan fingerprint density at radius 2 is 1.60 bits per heavy atom. The van der Waals surface area contributed by atoms with E-state index in [1.807, 2.05) is 12.1 Å². The molecule has 0 unspecified atom stereocenters. The Morgan fingerprint density at radius 1 is 0.950 bits per heavy atom. The molecule has 3 rings (SSSR count). The van der Waals surface area contributed by atoms with E-state index in [1.165, 1.54) is 11.1 Å². The molecule has 2 atom stereocenters. The summed E-state index contributed by atoms with van der Waals surface area (Å²) in [6.45, 7) is 2.74. The molecule has 2 nitrogen and oxygen atoms in total.